The molecule has 0 saturated heterocycles. The van der Waals surface area contributed by atoms with E-state index in [0.29, 0.717) is 5.56 Å². The first-order chi connectivity index (χ1) is 13.5. The number of ketones is 1. The Labute approximate surface area is 168 Å². The zero-order valence-corrected chi connectivity index (χ0v) is 16.6. The van der Waals surface area contributed by atoms with Gasteiger partial charge in [0.1, 0.15) is 5.15 Å². The number of aromatic nitrogens is 2. The van der Waals surface area contributed by atoms with Crippen LogP contribution in [0.1, 0.15) is 37.7 Å². The van der Waals surface area contributed by atoms with E-state index in [0.717, 1.165) is 24.4 Å². The van der Waals surface area contributed by atoms with Gasteiger partial charge in [-0.1, -0.05) is 41.9 Å². The molecule has 0 atom stereocenters. The lowest BCUT2D eigenvalue weighted by Crippen LogP contribution is -2.15. The number of esters is 1. The van der Waals surface area contributed by atoms with Crippen LogP contribution in [-0.2, 0) is 17.7 Å². The molecule has 0 saturated carbocycles. The number of benzene rings is 1. The number of hydrogen-bond donors (Lipinski definition) is 0. The SMILES string of the molecule is Cc1cc(C(=O)COC(=O)c2cccnc2Cl)c(C)n1CCc1ccccc1. The highest BCUT2D eigenvalue weighted by molar-refractivity contribution is 6.32. The second kappa shape index (κ2) is 8.85. The topological polar surface area (TPSA) is 61.2 Å². The quantitative estimate of drug-likeness (QED) is 0.336. The fraction of sp³-hybridized carbons (Fsp3) is 0.227. The summed E-state index contributed by atoms with van der Waals surface area (Å²) < 4.78 is 7.25. The van der Waals surface area contributed by atoms with Crippen LogP contribution in [0.3, 0.4) is 0 Å². The predicted octanol–water partition coefficient (Wildman–Crippen LogP) is 4.44. The smallest absolute Gasteiger partial charge is 0.341 e. The third-order valence-corrected chi connectivity index (χ3v) is 4.96. The fourth-order valence-corrected chi connectivity index (χ4v) is 3.33. The second-order valence-corrected chi connectivity index (χ2v) is 6.87. The summed E-state index contributed by atoms with van der Waals surface area (Å²) in [7, 11) is 0. The molecule has 6 heteroatoms. The minimum absolute atomic E-state index is 0.0547. The van der Waals surface area contributed by atoms with Crippen molar-refractivity contribution < 1.29 is 14.3 Å². The number of nitrogens with zero attached hydrogens (tertiary/aromatic N) is 2. The number of carbonyl (C=O) groups is 2. The number of carbonyl (C=O) groups excluding carboxylic acids is 2. The van der Waals surface area contributed by atoms with Gasteiger partial charge in [-0.05, 0) is 44.0 Å². The molecule has 1 aromatic carbocycles. The van der Waals surface area contributed by atoms with Crippen molar-refractivity contribution in [2.75, 3.05) is 6.61 Å². The van der Waals surface area contributed by atoms with Gasteiger partial charge in [0, 0.05) is 29.7 Å². The van der Waals surface area contributed by atoms with E-state index in [4.69, 9.17) is 16.3 Å². The normalized spacial score (nSPS) is 10.7. The number of hydrogen-bond acceptors (Lipinski definition) is 4. The Morgan fingerprint density at radius 3 is 2.54 bits per heavy atom. The average molecular weight is 397 g/mol. The zero-order chi connectivity index (χ0) is 20.1. The van der Waals surface area contributed by atoms with Gasteiger partial charge in [0.05, 0.1) is 5.56 Å². The number of ether oxygens (including phenoxy) is 1. The van der Waals surface area contributed by atoms with Crippen molar-refractivity contribution in [2.24, 2.45) is 0 Å². The van der Waals surface area contributed by atoms with E-state index in [2.05, 4.69) is 21.7 Å². The minimum atomic E-state index is -0.663. The molecule has 0 amide bonds. The van der Waals surface area contributed by atoms with E-state index in [-0.39, 0.29) is 23.1 Å². The third kappa shape index (κ3) is 4.49. The third-order valence-electron chi connectivity index (χ3n) is 4.65. The molecule has 0 aliphatic rings. The Hall–Kier alpha value is -2.92. The maximum Gasteiger partial charge on any atom is 0.341 e. The number of aryl methyl sites for hydroxylation is 2. The highest BCUT2D eigenvalue weighted by Gasteiger charge is 2.19. The molecule has 2 heterocycles. The molecular weight excluding hydrogens is 376 g/mol. The Kier molecular flexibility index (Phi) is 6.26. The highest BCUT2D eigenvalue weighted by atomic mass is 35.5. The summed E-state index contributed by atoms with van der Waals surface area (Å²) in [6.07, 6.45) is 2.36. The summed E-state index contributed by atoms with van der Waals surface area (Å²) in [5.74, 6) is -0.906. The Morgan fingerprint density at radius 2 is 1.82 bits per heavy atom. The molecule has 0 aliphatic heterocycles. The van der Waals surface area contributed by atoms with E-state index in [1.54, 1.807) is 6.07 Å². The van der Waals surface area contributed by atoms with Gasteiger partial charge in [0.25, 0.3) is 0 Å². The molecule has 5 nitrogen and oxygen atoms in total. The van der Waals surface area contributed by atoms with Crippen molar-refractivity contribution in [3.63, 3.8) is 0 Å². The van der Waals surface area contributed by atoms with Crippen molar-refractivity contribution in [3.8, 4) is 0 Å². The van der Waals surface area contributed by atoms with Crippen molar-refractivity contribution >= 4 is 23.4 Å². The first kappa shape index (κ1) is 19.8. The Bertz CT molecular complexity index is 996. The van der Waals surface area contributed by atoms with Crippen molar-refractivity contribution in [1.29, 1.82) is 0 Å². The van der Waals surface area contributed by atoms with E-state index >= 15 is 0 Å². The minimum Gasteiger partial charge on any atom is -0.454 e. The van der Waals surface area contributed by atoms with Crippen LogP contribution in [-0.4, -0.2) is 27.9 Å². The zero-order valence-electron chi connectivity index (χ0n) is 15.8. The van der Waals surface area contributed by atoms with Crippen LogP contribution in [0.4, 0.5) is 0 Å². The van der Waals surface area contributed by atoms with Crippen molar-refractivity contribution in [1.82, 2.24) is 9.55 Å². The maximum atomic E-state index is 12.6. The van der Waals surface area contributed by atoms with Crippen LogP contribution in [0.25, 0.3) is 0 Å². The second-order valence-electron chi connectivity index (χ2n) is 6.51. The molecule has 28 heavy (non-hydrogen) atoms. The average Bonchev–Trinajstić information content (AvgIpc) is 2.99. The Morgan fingerprint density at radius 1 is 1.07 bits per heavy atom. The van der Waals surface area contributed by atoms with Crippen molar-refractivity contribution in [3.05, 3.63) is 88.0 Å². The molecule has 2 aromatic heterocycles. The van der Waals surface area contributed by atoms with Crippen LogP contribution in [0.15, 0.2) is 54.7 Å². The number of rotatable bonds is 7. The summed E-state index contributed by atoms with van der Waals surface area (Å²) in [6.45, 7) is 4.31. The van der Waals surface area contributed by atoms with Gasteiger partial charge < -0.3 is 9.30 Å². The van der Waals surface area contributed by atoms with E-state index < -0.39 is 5.97 Å². The van der Waals surface area contributed by atoms with Gasteiger partial charge in [-0.15, -0.1) is 0 Å². The molecule has 0 fully saturated rings. The number of Topliss-reactive ketones (excluding diaryl/α,β-unsaturated/α-hetero) is 1. The van der Waals surface area contributed by atoms with Gasteiger partial charge in [0.15, 0.2) is 6.61 Å². The largest absolute Gasteiger partial charge is 0.454 e. The molecule has 0 spiro atoms. The first-order valence-corrected chi connectivity index (χ1v) is 9.36. The molecule has 3 aromatic rings. The predicted molar refractivity (Wildman–Crippen MR) is 108 cm³/mol. The lowest BCUT2D eigenvalue weighted by molar-refractivity contribution is 0.0474. The first-order valence-electron chi connectivity index (χ1n) is 8.99. The summed E-state index contributed by atoms with van der Waals surface area (Å²) in [5.41, 5.74) is 3.82. The molecule has 0 radical (unpaired) electrons. The number of pyridine rings is 1. The molecule has 144 valence electrons. The Balaban J connectivity index is 1.65. The van der Waals surface area contributed by atoms with Crippen LogP contribution in [0, 0.1) is 13.8 Å². The summed E-state index contributed by atoms with van der Waals surface area (Å²) in [6, 6.07) is 15.1. The lowest BCUT2D eigenvalue weighted by atomic mass is 10.1. The molecule has 0 bridgehead atoms. The highest BCUT2D eigenvalue weighted by Crippen LogP contribution is 2.18. The van der Waals surface area contributed by atoms with E-state index in [1.165, 1.54) is 17.8 Å². The summed E-state index contributed by atoms with van der Waals surface area (Å²) >= 11 is 5.89. The van der Waals surface area contributed by atoms with Crippen LogP contribution in [0.5, 0.6) is 0 Å². The van der Waals surface area contributed by atoms with E-state index in [9.17, 15) is 9.59 Å². The monoisotopic (exact) mass is 396 g/mol. The fourth-order valence-electron chi connectivity index (χ4n) is 3.14. The van der Waals surface area contributed by atoms with Gasteiger partial charge in [-0.25, -0.2) is 9.78 Å². The standard InChI is InChI=1S/C22H21ClN2O3/c1-15-13-19(16(2)25(15)12-10-17-7-4-3-5-8-17)20(26)14-28-22(27)18-9-6-11-24-21(18)23/h3-9,11,13H,10,12,14H2,1-2H3. The lowest BCUT2D eigenvalue weighted by Gasteiger charge is -2.10. The molecule has 0 aliphatic carbocycles. The maximum absolute atomic E-state index is 12.6. The van der Waals surface area contributed by atoms with Gasteiger partial charge in [-0.2, -0.15) is 0 Å². The van der Waals surface area contributed by atoms with Gasteiger partial charge in [0.2, 0.25) is 5.78 Å². The van der Waals surface area contributed by atoms with E-state index in [1.807, 2.05) is 38.1 Å². The van der Waals surface area contributed by atoms with Crippen LogP contribution >= 0.6 is 11.6 Å². The number of halogens is 1. The summed E-state index contributed by atoms with van der Waals surface area (Å²) in [5, 5.41) is 0.0547. The molecule has 0 unspecified atom stereocenters. The van der Waals surface area contributed by atoms with Crippen LogP contribution in [0.2, 0.25) is 5.15 Å². The van der Waals surface area contributed by atoms with Gasteiger partial charge >= 0.3 is 5.97 Å². The molecule has 3 rings (SSSR count). The van der Waals surface area contributed by atoms with Crippen LogP contribution < -0.4 is 0 Å². The molecular formula is C22H21ClN2O3. The van der Waals surface area contributed by atoms with Crippen molar-refractivity contribution in [2.45, 2.75) is 26.8 Å². The molecule has 0 N–H and O–H groups in total. The van der Waals surface area contributed by atoms with Gasteiger partial charge in [-0.3, -0.25) is 4.79 Å². The summed E-state index contributed by atoms with van der Waals surface area (Å²) in [4.78, 5) is 28.5.